The number of nitrogens with one attached hydrogen (secondary N) is 1. The van der Waals surface area contributed by atoms with Gasteiger partial charge in [-0.25, -0.2) is 30.5 Å². The fourth-order valence-corrected chi connectivity index (χ4v) is 20.5. The summed E-state index contributed by atoms with van der Waals surface area (Å²) in [4.78, 5) is 41.0. The molecule has 0 saturated heterocycles. The molecule has 0 aliphatic rings. The Morgan fingerprint density at radius 1 is 0.349 bits per heavy atom. The highest BCUT2D eigenvalue weighted by Crippen LogP contribution is 2.49. The average Bonchev–Trinajstić information content (AvgIpc) is 1.59. The lowest BCUT2D eigenvalue weighted by Crippen LogP contribution is -2.21. The van der Waals surface area contributed by atoms with E-state index in [1.165, 1.54) is 22.7 Å². The molecule has 0 fully saturated rings. The van der Waals surface area contributed by atoms with Gasteiger partial charge < -0.3 is 63.9 Å². The molecular weight excluding hydrogens is 1880 g/mol. The van der Waals surface area contributed by atoms with Crippen LogP contribution in [0.25, 0.3) is 140 Å². The van der Waals surface area contributed by atoms with Gasteiger partial charge in [-0.3, -0.25) is 4.57 Å². The number of aryl methyl sites for hydroxylation is 7. The summed E-state index contributed by atoms with van der Waals surface area (Å²) in [5.74, 6) is 3.20. The molecule has 24 nitrogen and oxygen atoms in total. The van der Waals surface area contributed by atoms with E-state index in [4.69, 9.17) is 24.4 Å². The van der Waals surface area contributed by atoms with Crippen LogP contribution in [0.15, 0.2) is 265 Å². The molecule has 752 valence electrons. The van der Waals surface area contributed by atoms with Gasteiger partial charge in [0.25, 0.3) is 0 Å². The Labute approximate surface area is 864 Å². The molecular formula is C119H132N14O10P2S+2. The van der Waals surface area contributed by atoms with Gasteiger partial charge in [0, 0.05) is 222 Å². The van der Waals surface area contributed by atoms with Gasteiger partial charge in [0.1, 0.15) is 39.6 Å². The minimum atomic E-state index is -2.62. The second-order valence-corrected chi connectivity index (χ2v) is 41.1. The minimum Gasteiger partial charge on any atom is -0.507 e. The summed E-state index contributed by atoms with van der Waals surface area (Å²) >= 11 is 1.37. The predicted octanol–water partition coefficient (Wildman–Crippen LogP) is 27.8. The smallest absolute Gasteiger partial charge is 0.507 e. The number of aromatic amines is 1. The normalized spacial score (nSPS) is 11.3. The number of hydrogen-bond donors (Lipinski definition) is 6. The quantitative estimate of drug-likeness (QED) is 0.0145. The van der Waals surface area contributed by atoms with Crippen LogP contribution in [0.1, 0.15) is 77.8 Å². The lowest BCUT2D eigenvalue weighted by molar-refractivity contribution is -0.128. The van der Waals surface area contributed by atoms with E-state index in [9.17, 15) is 35.0 Å². The number of H-pyrrole nitrogens is 1. The van der Waals surface area contributed by atoms with Crippen LogP contribution in [-0.2, 0) is 18.5 Å². The van der Waals surface area contributed by atoms with Crippen LogP contribution in [0.3, 0.4) is 0 Å². The number of hydrogen-bond acceptors (Lipinski definition) is 23. The third-order valence-electron chi connectivity index (χ3n) is 26.3. The van der Waals surface area contributed by atoms with Gasteiger partial charge in [-0.2, -0.15) is 0 Å². The summed E-state index contributed by atoms with van der Waals surface area (Å²) in [7, 11) is 18.4. The molecule has 13 aromatic carbocycles. The highest BCUT2D eigenvalue weighted by Gasteiger charge is 2.37. The molecule has 0 amide bonds. The van der Waals surface area contributed by atoms with Gasteiger partial charge in [0.2, 0.25) is 16.5 Å². The van der Waals surface area contributed by atoms with Crippen LogP contribution in [0, 0.1) is 62.3 Å². The Morgan fingerprint density at radius 3 is 1.22 bits per heavy atom. The first-order valence-electron chi connectivity index (χ1n) is 48.7. The molecule has 6 N–H and O–H groups in total. The van der Waals surface area contributed by atoms with Gasteiger partial charge in [0.05, 0.1) is 61.2 Å². The zero-order valence-corrected chi connectivity index (χ0v) is 90.7. The molecule has 0 radical (unpaired) electrons. The van der Waals surface area contributed by atoms with Gasteiger partial charge in [-0.1, -0.05) is 108 Å². The van der Waals surface area contributed by atoms with E-state index in [0.29, 0.717) is 49.7 Å². The first-order valence-corrected chi connectivity index (χ1v) is 51.8. The molecule has 0 aliphatic heterocycles. The second-order valence-electron chi connectivity index (χ2n) is 37.8. The van der Waals surface area contributed by atoms with E-state index in [1.54, 1.807) is 24.3 Å². The predicted molar refractivity (Wildman–Crippen MR) is 609 cm³/mol. The number of thiazole rings is 1. The van der Waals surface area contributed by atoms with Crippen LogP contribution < -0.4 is 49.8 Å². The number of phenols is 3. The standard InChI is InChI=1S/C37H42N4O.C28H32N4O.C27H27N3O6P2S.C27H29N3O2/c1-7-39(8-2)30-20-16-28(17-21-30)34-35(29-18-22-31(23-19-29)40(9-3)10-4)41(32-14-12-11-13-15-32)37(38-34)33-25-26(5)24-27(6)36(33)42;1-17-16-24(27(33)19(3)18(17)2)28-29-25(20-8-12-22(13-9-20)31(4)5)26(30-28)21-10-14-23(15-11-21)32(6)7;1-16-11-17(2)13-18(12-16)27-28-25(21-9-7-19(29(3)4)14-23(21)37(33)35-31)26(39-27)22-10-8-20(30(5)6)15-24(22)38(34)36-32;1-17-15-18(2)25(31)23(16-17)27-28-24(19-7-11-21(12-8-19)29(3)4)26(32-27)20-9-13-22(14-10-20)30(5)6/h11-25,42H,7-10H2,1-6H3;8-16,33H,1-7H3,(H,29,30);7-15H,1-6H3;7-16,31H,1-6H3/p+2. The first-order chi connectivity index (χ1) is 69.8. The van der Waals surface area contributed by atoms with E-state index in [0.717, 1.165) is 200 Å². The van der Waals surface area contributed by atoms with Crippen molar-refractivity contribution in [3.63, 3.8) is 0 Å². The monoisotopic (exact) mass is 2010 g/mol. The van der Waals surface area contributed by atoms with E-state index in [-0.39, 0.29) is 27.9 Å². The van der Waals surface area contributed by atoms with Crippen molar-refractivity contribution < 1.29 is 48.7 Å². The molecule has 0 spiro atoms. The highest BCUT2D eigenvalue weighted by atomic mass is 32.1. The maximum Gasteiger partial charge on any atom is 0.579 e. The summed E-state index contributed by atoms with van der Waals surface area (Å²) in [5, 5.41) is 52.9. The maximum atomic E-state index is 12.9. The number of anilines is 8. The third-order valence-corrected chi connectivity index (χ3v) is 29.2. The van der Waals surface area contributed by atoms with Crippen LogP contribution in [0.4, 0.5) is 45.5 Å². The summed E-state index contributed by atoms with van der Waals surface area (Å²) in [6, 6.07) is 87.8. The Balaban J connectivity index is 0.000000155. The number of imidazole rings is 2. The average molecular weight is 2010 g/mol. The SMILES string of the molecule is CCN(CC)c1ccc(-c2nc(-c3cc(C)cc(C)c3O)n(-c3ccccc3)c2-c2ccc(N(CC)CC)cc2)cc1.Cc1cc(-c2nc(-c3ccc(N(C)C)cc3)c(-c3ccc(N(C)C)cc3)[nH]2)c(O)c(C)c1C.Cc1cc(C)c(O)c(-c2nc(-c3ccc(N(C)C)cc3)c(-c3ccc(N(C)C)cc3)o2)c1.Cc1cc(C)cc(-c2nc(-c3ccc(N(C)C)cc3[P+](=O)OO)c(-c3ccc(N(C)C)cc3[P+](=O)OO)s2)c1. The maximum absolute atomic E-state index is 12.9. The lowest BCUT2D eigenvalue weighted by Gasteiger charge is -2.22. The molecule has 2 atom stereocenters. The number of benzene rings is 13. The van der Waals surface area contributed by atoms with Crippen LogP contribution in [0.5, 0.6) is 17.2 Å². The number of para-hydroxylation sites is 1. The summed E-state index contributed by atoms with van der Waals surface area (Å²) in [6.45, 7) is 30.5. The van der Waals surface area contributed by atoms with Crippen molar-refractivity contribution in [1.82, 2.24) is 29.5 Å². The summed E-state index contributed by atoms with van der Waals surface area (Å²) in [6.07, 6.45) is 0. The summed E-state index contributed by atoms with van der Waals surface area (Å²) < 4.78 is 42.8. The summed E-state index contributed by atoms with van der Waals surface area (Å²) in [5.41, 5.74) is 33.4. The Kier molecular flexibility index (Phi) is 34.2. The molecule has 17 aromatic rings. The molecule has 0 bridgehead atoms. The van der Waals surface area contributed by atoms with Crippen molar-refractivity contribution >= 4 is 83.5 Å². The number of nitrogens with zero attached hydrogens (tertiary/aromatic N) is 13. The minimum absolute atomic E-state index is 0.195. The van der Waals surface area contributed by atoms with E-state index in [2.05, 4.69) is 242 Å². The molecule has 4 heterocycles. The molecule has 2 unspecified atom stereocenters. The Hall–Kier alpha value is -15.0. The van der Waals surface area contributed by atoms with E-state index in [1.807, 2.05) is 228 Å². The zero-order chi connectivity index (χ0) is 105. The number of aromatic nitrogens is 6. The Bertz CT molecular complexity index is 7250. The zero-order valence-electron chi connectivity index (χ0n) is 88.0. The molecule has 17 rings (SSSR count). The van der Waals surface area contributed by atoms with Crippen molar-refractivity contribution in [2.24, 2.45) is 0 Å². The fraction of sp³-hybridized carbons (Fsp3) is 0.244. The number of rotatable bonds is 29. The second kappa shape index (κ2) is 46.8. The molecule has 0 aliphatic carbocycles. The number of oxazole rings is 1. The van der Waals surface area contributed by atoms with Crippen molar-refractivity contribution in [2.45, 2.75) is 90.0 Å². The van der Waals surface area contributed by atoms with Gasteiger partial charge in [-0.15, -0.1) is 11.3 Å². The number of phenolic OH excluding ortho intramolecular Hbond substituents is 3. The van der Waals surface area contributed by atoms with Crippen molar-refractivity contribution in [2.75, 3.05) is 150 Å². The molecule has 4 aromatic heterocycles. The van der Waals surface area contributed by atoms with Crippen LogP contribution >= 0.6 is 27.4 Å². The Morgan fingerprint density at radius 2 is 0.753 bits per heavy atom. The van der Waals surface area contributed by atoms with Crippen molar-refractivity contribution in [3.8, 4) is 157 Å². The highest BCUT2D eigenvalue weighted by molar-refractivity contribution is 7.49. The van der Waals surface area contributed by atoms with E-state index >= 15 is 0 Å². The molecule has 27 heteroatoms. The largest absolute Gasteiger partial charge is 0.579 e. The van der Waals surface area contributed by atoms with Crippen molar-refractivity contribution in [1.29, 1.82) is 0 Å². The van der Waals surface area contributed by atoms with Gasteiger partial charge in [-0.05, 0) is 290 Å². The number of aromatic hydroxyl groups is 3. The lowest BCUT2D eigenvalue weighted by atomic mass is 9.99. The van der Waals surface area contributed by atoms with Gasteiger partial charge >= 0.3 is 16.1 Å². The van der Waals surface area contributed by atoms with Crippen LogP contribution in [0.2, 0.25) is 0 Å². The van der Waals surface area contributed by atoms with Gasteiger partial charge in [0.15, 0.2) is 5.76 Å². The fourth-order valence-electron chi connectivity index (χ4n) is 17.9. The van der Waals surface area contributed by atoms with E-state index < -0.39 is 16.1 Å². The third kappa shape index (κ3) is 23.6. The van der Waals surface area contributed by atoms with Crippen LogP contribution in [-0.4, -0.2) is 166 Å². The first kappa shape index (κ1) is 107. The topological polar surface area (TPSA) is 265 Å². The molecule has 146 heavy (non-hydrogen) atoms. The molecule has 0 saturated carbocycles. The van der Waals surface area contributed by atoms with Crippen molar-refractivity contribution in [3.05, 3.63) is 311 Å².